The Labute approximate surface area is 190 Å². The van der Waals surface area contributed by atoms with Gasteiger partial charge in [0.25, 0.3) is 0 Å². The van der Waals surface area contributed by atoms with E-state index < -0.39 is 10.0 Å². The van der Waals surface area contributed by atoms with Crippen LogP contribution in [-0.4, -0.2) is 43.6 Å². The lowest BCUT2D eigenvalue weighted by molar-refractivity contribution is 0.263. The molecule has 168 valence electrons. The van der Waals surface area contributed by atoms with Crippen LogP contribution in [0, 0.1) is 5.82 Å². The third-order valence-electron chi connectivity index (χ3n) is 6.06. The van der Waals surface area contributed by atoms with Gasteiger partial charge in [0, 0.05) is 34.8 Å². The Bertz CT molecular complexity index is 1330. The maximum Gasteiger partial charge on any atom is 0.250 e. The van der Waals surface area contributed by atoms with Crippen LogP contribution < -0.4 is 4.72 Å². The summed E-state index contributed by atoms with van der Waals surface area (Å²) in [5, 5.41) is 5.87. The molecular formula is C23H24FN3O3S2. The lowest BCUT2D eigenvalue weighted by Gasteiger charge is -2.20. The van der Waals surface area contributed by atoms with Gasteiger partial charge in [0.1, 0.15) is 10.0 Å². The highest BCUT2D eigenvalue weighted by Gasteiger charge is 2.32. The number of sulfonamides is 1. The van der Waals surface area contributed by atoms with Crippen LogP contribution in [0.5, 0.6) is 0 Å². The molecule has 6 nitrogen and oxygen atoms in total. The van der Waals surface area contributed by atoms with E-state index in [2.05, 4.69) is 21.7 Å². The van der Waals surface area contributed by atoms with Crippen molar-refractivity contribution >= 4 is 42.4 Å². The Morgan fingerprint density at radius 1 is 1.25 bits per heavy atom. The predicted molar refractivity (Wildman–Crippen MR) is 124 cm³/mol. The maximum absolute atomic E-state index is 13.3. The molecule has 0 amide bonds. The lowest BCUT2D eigenvalue weighted by atomic mass is 10.1. The molecule has 2 atom stereocenters. The van der Waals surface area contributed by atoms with E-state index >= 15 is 0 Å². The molecule has 32 heavy (non-hydrogen) atoms. The highest BCUT2D eigenvalue weighted by atomic mass is 32.2. The fraction of sp³-hybridized carbons (Fsp3) is 0.348. The number of hydrogen-bond donors (Lipinski definition) is 1. The van der Waals surface area contributed by atoms with Crippen molar-refractivity contribution < 1.29 is 17.3 Å². The van der Waals surface area contributed by atoms with Gasteiger partial charge in [-0.15, -0.1) is 11.3 Å². The van der Waals surface area contributed by atoms with Gasteiger partial charge in [-0.2, -0.15) is 0 Å². The highest BCUT2D eigenvalue weighted by molar-refractivity contribution is 7.91. The first-order chi connectivity index (χ1) is 15.4. The van der Waals surface area contributed by atoms with Gasteiger partial charge in [0.05, 0.1) is 5.69 Å². The predicted octanol–water partition coefficient (Wildman–Crippen LogP) is 4.56. The summed E-state index contributed by atoms with van der Waals surface area (Å²) >= 11 is 1.30. The van der Waals surface area contributed by atoms with Crippen molar-refractivity contribution in [2.24, 2.45) is 0 Å². The smallest absolute Gasteiger partial charge is 0.250 e. The second kappa shape index (κ2) is 8.55. The minimum absolute atomic E-state index is 0.115. The molecule has 0 saturated carbocycles. The molecule has 9 heteroatoms. The van der Waals surface area contributed by atoms with Crippen LogP contribution in [0.2, 0.25) is 0 Å². The molecule has 2 aromatic carbocycles. The van der Waals surface area contributed by atoms with E-state index in [1.807, 2.05) is 24.3 Å². The number of nitrogens with zero attached hydrogens (tertiary/aromatic N) is 2. The number of rotatable bonds is 7. The second-order valence-corrected chi connectivity index (χ2v) is 11.4. The molecule has 1 aliphatic rings. The Morgan fingerprint density at radius 3 is 2.94 bits per heavy atom. The molecule has 1 N–H and O–H groups in total. The van der Waals surface area contributed by atoms with Crippen LogP contribution in [-0.2, 0) is 16.4 Å². The topological polar surface area (TPSA) is 75.4 Å². The van der Waals surface area contributed by atoms with Gasteiger partial charge in [0.2, 0.25) is 10.0 Å². The first kappa shape index (κ1) is 21.5. The molecule has 2 aromatic heterocycles. The molecule has 0 unspecified atom stereocenters. The molecule has 4 aromatic rings. The largest absolute Gasteiger partial charge is 0.356 e. The van der Waals surface area contributed by atoms with E-state index in [0.717, 1.165) is 47.0 Å². The first-order valence-electron chi connectivity index (χ1n) is 10.7. The van der Waals surface area contributed by atoms with Crippen LogP contribution in [0.4, 0.5) is 4.39 Å². The zero-order valence-corrected chi connectivity index (χ0v) is 19.3. The summed E-state index contributed by atoms with van der Waals surface area (Å²) in [5.41, 5.74) is 1.29. The molecule has 0 spiro atoms. The number of halogens is 1. The standard InChI is InChI=1S/C23H24FN3O3S2/c1-15-11-18(26-32(28,29)23-12-16-5-2-3-7-22(16)31-23)14-27(15)10-4-6-20-19-9-8-17(24)13-21(19)30-25-20/h2-3,5,7-9,12-13,15,18,26H,4,6,10-11,14H2,1H3/t15-,18-/m0/s1. The zero-order chi connectivity index (χ0) is 22.3. The van der Waals surface area contributed by atoms with E-state index in [9.17, 15) is 12.8 Å². The number of benzene rings is 2. The average Bonchev–Trinajstić information content (AvgIpc) is 3.45. The van der Waals surface area contributed by atoms with Crippen molar-refractivity contribution in [3.8, 4) is 0 Å². The van der Waals surface area contributed by atoms with Crippen LogP contribution in [0.3, 0.4) is 0 Å². The summed E-state index contributed by atoms with van der Waals surface area (Å²) in [6.07, 6.45) is 2.36. The Hall–Kier alpha value is -2.33. The maximum atomic E-state index is 13.3. The Balaban J connectivity index is 1.19. The Kier molecular flexibility index (Phi) is 5.75. The number of fused-ring (bicyclic) bond motifs is 2. The Morgan fingerprint density at radius 2 is 2.09 bits per heavy atom. The summed E-state index contributed by atoms with van der Waals surface area (Å²) in [7, 11) is -3.55. The van der Waals surface area contributed by atoms with E-state index in [4.69, 9.17) is 4.52 Å². The van der Waals surface area contributed by atoms with E-state index in [0.29, 0.717) is 16.3 Å². The zero-order valence-electron chi connectivity index (χ0n) is 17.6. The quantitative estimate of drug-likeness (QED) is 0.426. The van der Waals surface area contributed by atoms with Crippen LogP contribution in [0.1, 0.15) is 25.5 Å². The number of aryl methyl sites for hydroxylation is 1. The van der Waals surface area contributed by atoms with Crippen LogP contribution >= 0.6 is 11.3 Å². The van der Waals surface area contributed by atoms with Gasteiger partial charge in [-0.25, -0.2) is 17.5 Å². The third kappa shape index (κ3) is 4.30. The molecule has 1 saturated heterocycles. The van der Waals surface area contributed by atoms with Crippen molar-refractivity contribution in [1.29, 1.82) is 0 Å². The molecule has 0 radical (unpaired) electrons. The summed E-state index contributed by atoms with van der Waals surface area (Å²) in [6.45, 7) is 3.63. The van der Waals surface area contributed by atoms with Crippen molar-refractivity contribution in [3.63, 3.8) is 0 Å². The molecule has 1 fully saturated rings. The second-order valence-electron chi connectivity index (χ2n) is 8.37. The molecule has 0 aliphatic carbocycles. The summed E-state index contributed by atoms with van der Waals surface area (Å²) in [4.78, 5) is 2.31. The number of hydrogen-bond acceptors (Lipinski definition) is 6. The normalized spacial score (nSPS) is 19.9. The van der Waals surface area contributed by atoms with Crippen molar-refractivity contribution in [1.82, 2.24) is 14.8 Å². The SMILES string of the molecule is C[C@H]1C[C@H](NS(=O)(=O)c2cc3ccccc3s2)CN1CCCc1noc2cc(F)ccc12. The molecule has 0 bridgehead atoms. The molecule has 5 rings (SSSR count). The monoisotopic (exact) mass is 473 g/mol. The van der Waals surface area contributed by atoms with Gasteiger partial charge in [0.15, 0.2) is 5.58 Å². The molecule has 3 heterocycles. The third-order valence-corrected chi connectivity index (χ3v) is 9.17. The fourth-order valence-corrected chi connectivity index (χ4v) is 7.11. The van der Waals surface area contributed by atoms with E-state index in [-0.39, 0.29) is 17.9 Å². The number of aromatic nitrogens is 1. The van der Waals surface area contributed by atoms with Gasteiger partial charge in [-0.05, 0) is 62.4 Å². The van der Waals surface area contributed by atoms with E-state index in [1.54, 1.807) is 12.1 Å². The average molecular weight is 474 g/mol. The number of nitrogens with one attached hydrogen (secondary N) is 1. The number of thiophene rings is 1. The summed E-state index contributed by atoms with van der Waals surface area (Å²) in [6, 6.07) is 14.1. The van der Waals surface area contributed by atoms with E-state index in [1.165, 1.54) is 23.5 Å². The summed E-state index contributed by atoms with van der Waals surface area (Å²) < 4.78 is 48.6. The van der Waals surface area contributed by atoms with Gasteiger partial charge in [-0.3, -0.25) is 4.90 Å². The number of likely N-dealkylation sites (tertiary alicyclic amines) is 1. The minimum atomic E-state index is -3.55. The highest BCUT2D eigenvalue weighted by Crippen LogP contribution is 2.30. The fourth-order valence-electron chi connectivity index (χ4n) is 4.46. The molecule has 1 aliphatic heterocycles. The van der Waals surface area contributed by atoms with Gasteiger partial charge < -0.3 is 4.52 Å². The van der Waals surface area contributed by atoms with Crippen molar-refractivity contribution in [2.75, 3.05) is 13.1 Å². The van der Waals surface area contributed by atoms with Crippen molar-refractivity contribution in [3.05, 3.63) is 60.0 Å². The van der Waals surface area contributed by atoms with Crippen LogP contribution in [0.15, 0.2) is 57.3 Å². The lowest BCUT2D eigenvalue weighted by Crippen LogP contribution is -2.37. The van der Waals surface area contributed by atoms with Gasteiger partial charge in [-0.1, -0.05) is 23.4 Å². The summed E-state index contributed by atoms with van der Waals surface area (Å²) in [5.74, 6) is -0.338. The molecular weight excluding hydrogens is 449 g/mol. The van der Waals surface area contributed by atoms with Gasteiger partial charge >= 0.3 is 0 Å². The van der Waals surface area contributed by atoms with Crippen LogP contribution in [0.25, 0.3) is 21.1 Å². The minimum Gasteiger partial charge on any atom is -0.356 e. The first-order valence-corrected chi connectivity index (χ1v) is 13.0. The van der Waals surface area contributed by atoms with Crippen molar-refractivity contribution in [2.45, 2.75) is 42.5 Å².